The van der Waals surface area contributed by atoms with Crippen molar-refractivity contribution in [2.24, 2.45) is 0 Å². The quantitative estimate of drug-likeness (QED) is 0.0561. The third-order valence-electron chi connectivity index (χ3n) is 7.59. The van der Waals surface area contributed by atoms with Gasteiger partial charge >= 0.3 is 37.7 Å². The van der Waals surface area contributed by atoms with Crippen LogP contribution in [0.15, 0.2) is 107 Å². The zero-order valence-corrected chi connectivity index (χ0v) is 32.4. The molecule has 0 saturated carbocycles. The number of rotatable bonds is 18. The third-order valence-corrected chi connectivity index (χ3v) is 9.26. The van der Waals surface area contributed by atoms with Crippen LogP contribution in [0.3, 0.4) is 0 Å². The average molecular weight is 735 g/mol. The molecule has 0 amide bonds. The number of ether oxygens (including phenoxy) is 2. The van der Waals surface area contributed by atoms with Crippen molar-refractivity contribution in [2.45, 2.75) is 101 Å². The van der Waals surface area contributed by atoms with E-state index in [1.54, 1.807) is 12.1 Å². The molecule has 49 heavy (non-hydrogen) atoms. The van der Waals surface area contributed by atoms with Crippen LogP contribution in [0.4, 0.5) is 0 Å². The first-order valence-electron chi connectivity index (χ1n) is 16.6. The molecule has 0 radical (unpaired) electrons. The van der Waals surface area contributed by atoms with Gasteiger partial charge in [0.15, 0.2) is 0 Å². The topological polar surface area (TPSA) is 133 Å². The Morgan fingerprint density at radius 3 is 1.14 bits per heavy atom. The zero-order valence-electron chi connectivity index (χ0n) is 28.5. The Labute approximate surface area is 322 Å². The molecular weight excluding hydrogens is 689 g/mol. The van der Waals surface area contributed by atoms with Crippen LogP contribution in [-0.4, -0.2) is 63.7 Å². The van der Waals surface area contributed by atoms with Gasteiger partial charge in [0.2, 0.25) is 0 Å². The molecule has 0 heterocycles. The second kappa shape index (κ2) is 22.4. The average Bonchev–Trinajstić information content (AvgIpc) is 3.05. The fourth-order valence-electron chi connectivity index (χ4n) is 5.05. The molecule has 0 saturated heterocycles. The number of unbranched alkanes of at least 4 members (excludes halogenated alkanes) is 8. The number of benzene rings is 4. The molecular formula is C38H46CaO8S2. The van der Waals surface area contributed by atoms with Gasteiger partial charge in [-0.1, -0.05) is 102 Å². The van der Waals surface area contributed by atoms with Crippen molar-refractivity contribution >= 4 is 58.0 Å². The van der Waals surface area contributed by atoms with Crippen molar-refractivity contribution in [2.75, 3.05) is 0 Å². The Kier molecular flexibility index (Phi) is 19.5. The summed E-state index contributed by atoms with van der Waals surface area (Å²) in [5.74, 6) is 1.96. The first-order valence-corrected chi connectivity index (χ1v) is 19.4. The molecule has 4 aromatic carbocycles. The van der Waals surface area contributed by atoms with Crippen LogP contribution >= 0.6 is 0 Å². The van der Waals surface area contributed by atoms with Crippen molar-refractivity contribution in [1.82, 2.24) is 0 Å². The third kappa shape index (κ3) is 16.9. The van der Waals surface area contributed by atoms with Gasteiger partial charge in [0.05, 0.1) is 9.79 Å². The molecule has 11 heteroatoms. The number of aryl methyl sites for hydroxylation is 2. The van der Waals surface area contributed by atoms with Crippen LogP contribution in [0.1, 0.15) is 89.2 Å². The molecule has 0 fully saturated rings. The molecule has 8 nitrogen and oxygen atoms in total. The molecule has 4 aromatic rings. The summed E-state index contributed by atoms with van der Waals surface area (Å²) < 4.78 is 77.8. The fraction of sp³-hybridized carbons (Fsp3) is 0.368. The number of hydrogen-bond acceptors (Lipinski definition) is 8. The van der Waals surface area contributed by atoms with Gasteiger partial charge in [-0.3, -0.25) is 0 Å². The Balaban J connectivity index is 0.000000333. The zero-order chi connectivity index (χ0) is 34.8. The molecule has 4 rings (SSSR count). The molecule has 260 valence electrons. The van der Waals surface area contributed by atoms with E-state index in [9.17, 15) is 25.9 Å². The van der Waals surface area contributed by atoms with E-state index in [0.717, 1.165) is 25.7 Å². The molecule has 0 aromatic heterocycles. The fourth-order valence-corrected chi connectivity index (χ4v) is 6.06. The Morgan fingerprint density at radius 2 is 0.796 bits per heavy atom. The minimum atomic E-state index is -4.48. The standard InChI is InChI=1S/2C19H24O4S.Ca/c2*1-2-3-4-5-6-9-16-10-7-11-17(14-16)23-18-12-8-13-19(15-18)24(20,21)22;/h2*7-8,10-15H,2-6,9H2,1H3,(H,20,21,22);/q;;+2/p-2. The molecule has 0 bridgehead atoms. The van der Waals surface area contributed by atoms with E-state index in [0.29, 0.717) is 23.0 Å². The smallest absolute Gasteiger partial charge is 0.744 e. The molecule has 0 atom stereocenters. The van der Waals surface area contributed by atoms with E-state index in [-0.39, 0.29) is 47.5 Å². The number of hydrogen-bond donors (Lipinski definition) is 0. The summed E-state index contributed by atoms with van der Waals surface area (Å²) >= 11 is 0. The summed E-state index contributed by atoms with van der Waals surface area (Å²) in [6, 6.07) is 26.8. The van der Waals surface area contributed by atoms with Crippen molar-refractivity contribution in [3.8, 4) is 23.0 Å². The Morgan fingerprint density at radius 1 is 0.469 bits per heavy atom. The van der Waals surface area contributed by atoms with Gasteiger partial charge < -0.3 is 18.6 Å². The molecule has 0 spiro atoms. The SMILES string of the molecule is CCCCCCCc1cccc(Oc2cccc(S(=O)(=O)[O-])c2)c1.CCCCCCCc1cccc(Oc2cccc(S(=O)(=O)[O-])c2)c1.[Ca+2]. The van der Waals surface area contributed by atoms with E-state index in [1.165, 1.54) is 98.9 Å². The minimum absolute atomic E-state index is 0. The summed E-state index contributed by atoms with van der Waals surface area (Å²) in [7, 11) is -8.95. The van der Waals surface area contributed by atoms with E-state index in [4.69, 9.17) is 9.47 Å². The van der Waals surface area contributed by atoms with Crippen LogP contribution < -0.4 is 9.47 Å². The molecule has 0 N–H and O–H groups in total. The van der Waals surface area contributed by atoms with Gasteiger partial charge in [-0.05, 0) is 97.5 Å². The van der Waals surface area contributed by atoms with Crippen molar-refractivity contribution in [3.05, 3.63) is 108 Å². The summed E-state index contributed by atoms with van der Waals surface area (Å²) in [6.45, 7) is 4.40. The summed E-state index contributed by atoms with van der Waals surface area (Å²) in [4.78, 5) is -0.570. The maximum atomic E-state index is 11.1. The predicted octanol–water partition coefficient (Wildman–Crippen LogP) is 9.41. The second-order valence-electron chi connectivity index (χ2n) is 11.7. The van der Waals surface area contributed by atoms with Crippen LogP contribution in [-0.2, 0) is 33.1 Å². The molecule has 0 aliphatic heterocycles. The second-order valence-corrected chi connectivity index (χ2v) is 14.4. The van der Waals surface area contributed by atoms with Gasteiger partial charge in [-0.15, -0.1) is 0 Å². The normalized spacial score (nSPS) is 11.2. The Hall–Kier alpha value is -2.44. The van der Waals surface area contributed by atoms with Gasteiger partial charge in [0, 0.05) is 0 Å². The van der Waals surface area contributed by atoms with Crippen LogP contribution in [0.5, 0.6) is 23.0 Å². The van der Waals surface area contributed by atoms with Gasteiger partial charge in [-0.25, -0.2) is 16.8 Å². The summed E-state index contributed by atoms with van der Waals surface area (Å²) in [5, 5.41) is 0. The van der Waals surface area contributed by atoms with E-state index in [2.05, 4.69) is 26.0 Å². The summed E-state index contributed by atoms with van der Waals surface area (Å²) in [5.41, 5.74) is 2.38. The van der Waals surface area contributed by atoms with Gasteiger partial charge in [-0.2, -0.15) is 0 Å². The molecule has 0 unspecified atom stereocenters. The largest absolute Gasteiger partial charge is 2.00 e. The van der Waals surface area contributed by atoms with E-state index >= 15 is 0 Å². The first kappa shape index (κ1) is 42.7. The Bertz CT molecular complexity index is 1640. The van der Waals surface area contributed by atoms with Crippen molar-refractivity contribution < 1.29 is 35.4 Å². The van der Waals surface area contributed by atoms with E-state index in [1.807, 2.05) is 36.4 Å². The maximum Gasteiger partial charge on any atom is 2.00 e. The van der Waals surface area contributed by atoms with Crippen molar-refractivity contribution in [3.63, 3.8) is 0 Å². The molecule has 0 aliphatic carbocycles. The molecule has 0 aliphatic rings. The minimum Gasteiger partial charge on any atom is -0.744 e. The monoisotopic (exact) mass is 734 g/mol. The van der Waals surface area contributed by atoms with Crippen LogP contribution in [0.25, 0.3) is 0 Å². The van der Waals surface area contributed by atoms with Crippen LogP contribution in [0, 0.1) is 0 Å². The van der Waals surface area contributed by atoms with Gasteiger partial charge in [0.25, 0.3) is 0 Å². The van der Waals surface area contributed by atoms with Gasteiger partial charge in [0.1, 0.15) is 43.2 Å². The maximum absolute atomic E-state index is 11.1. The van der Waals surface area contributed by atoms with Crippen LogP contribution in [0.2, 0.25) is 0 Å². The summed E-state index contributed by atoms with van der Waals surface area (Å²) in [6.07, 6.45) is 14.3. The predicted molar refractivity (Wildman–Crippen MR) is 193 cm³/mol. The van der Waals surface area contributed by atoms with Crippen molar-refractivity contribution in [1.29, 1.82) is 0 Å². The van der Waals surface area contributed by atoms with E-state index < -0.39 is 20.2 Å². The first-order chi connectivity index (χ1) is 23.0.